The average molecular weight is 745 g/mol. The number of pyridine rings is 2. The first kappa shape index (κ1) is 23.9. The molecule has 0 saturated carbocycles. The van der Waals surface area contributed by atoms with Crippen LogP contribution in [0, 0.1) is 0 Å². The van der Waals surface area contributed by atoms with Gasteiger partial charge in [0, 0.05) is 77.4 Å². The molecule has 4 heterocycles. The third-order valence-corrected chi connectivity index (χ3v) is 9.90. The van der Waals surface area contributed by atoms with Crippen LogP contribution in [0.4, 0.5) is 31.5 Å². The maximum absolute atomic E-state index is 17.5. The van der Waals surface area contributed by atoms with Gasteiger partial charge >= 0.3 is 11.9 Å². The molecule has 0 unspecified atom stereocenters. The molecule has 0 atom stereocenters. The zero-order chi connectivity index (χ0) is 50.1. The summed E-state index contributed by atoms with van der Waals surface area (Å²) in [6, 6.07) is 22.3. The number of para-hydroxylation sites is 3. The van der Waals surface area contributed by atoms with Gasteiger partial charge in [0.05, 0.1) is 16.5 Å². The van der Waals surface area contributed by atoms with Crippen molar-refractivity contribution in [2.24, 2.45) is 0 Å². The number of halogens is 2. The van der Waals surface area contributed by atoms with Crippen LogP contribution in [0.15, 0.2) is 121 Å². The maximum atomic E-state index is 17.5. The summed E-state index contributed by atoms with van der Waals surface area (Å²) < 4.78 is 149. The summed E-state index contributed by atoms with van der Waals surface area (Å²) in [5.74, 6) is -3.17. The van der Waals surface area contributed by atoms with Gasteiger partial charge in [-0.2, -0.15) is 8.78 Å². The Kier molecular flexibility index (Phi) is 5.49. The van der Waals surface area contributed by atoms with Crippen molar-refractivity contribution >= 4 is 50.6 Å². The highest BCUT2D eigenvalue weighted by Crippen LogP contribution is 2.43. The minimum Gasteiger partial charge on any atom is -0.294 e. The van der Waals surface area contributed by atoms with Crippen molar-refractivity contribution in [3.8, 4) is 5.82 Å². The highest BCUT2D eigenvalue weighted by molar-refractivity contribution is 6.08. The molecule has 1 aliphatic heterocycles. The Labute approximate surface area is 340 Å². The van der Waals surface area contributed by atoms with Crippen LogP contribution in [0.5, 0.6) is 0 Å². The third-order valence-electron chi connectivity index (χ3n) is 9.90. The molecule has 276 valence electrons. The van der Waals surface area contributed by atoms with Crippen LogP contribution < -0.4 is 9.15 Å². The Morgan fingerprint density at radius 2 is 1.25 bits per heavy atom. The lowest BCUT2D eigenvalue weighted by atomic mass is 9.84. The number of nitrogens with zero attached hydrogens (tertiary/aromatic N) is 5. The molecule has 0 N–H and O–H groups in total. The topological polar surface area (TPSA) is 36.7 Å². The second-order valence-corrected chi connectivity index (χ2v) is 15.9. The molecule has 5 nitrogen and oxygen atoms in total. The molecule has 0 radical (unpaired) electrons. The Morgan fingerprint density at radius 3 is 1.93 bits per heavy atom. The van der Waals surface area contributed by atoms with E-state index in [0.717, 1.165) is 21.0 Å². The molecule has 3 aromatic heterocycles. The summed E-state index contributed by atoms with van der Waals surface area (Å²) in [6.07, 6.45) is 3.14. The molecular formula is C48H47F2N5+2. The second-order valence-electron chi connectivity index (χ2n) is 15.9. The lowest BCUT2D eigenvalue weighted by molar-refractivity contribution is 0.0380. The third kappa shape index (κ3) is 6.36. The van der Waals surface area contributed by atoms with Crippen LogP contribution in [0.1, 0.15) is 108 Å². The first-order valence-corrected chi connectivity index (χ1v) is 17.8. The Morgan fingerprint density at radius 1 is 0.618 bits per heavy atom. The van der Waals surface area contributed by atoms with E-state index in [-0.39, 0.29) is 16.8 Å². The van der Waals surface area contributed by atoms with E-state index in [9.17, 15) is 0 Å². The normalized spacial score (nSPS) is 17.8. The molecule has 0 aliphatic carbocycles. The largest absolute Gasteiger partial charge is 0.503 e. The molecule has 0 saturated heterocycles. The quantitative estimate of drug-likeness (QED) is 0.165. The fraction of sp³-hybridized carbons (Fsp3) is 0.271. The fourth-order valence-electron chi connectivity index (χ4n) is 6.81. The SMILES string of the molecule is [2H]c1c([2H])c(C(C([2H])([2H])[2H])(C([2H])([2H])[2H])C([2H])([2H])[2H])c([2H])c([2H])c1[N+]1=C=[N+](c2cc(C(C)(C)C)cc(C(F)(F)c3cc4c(cn3)c3ccccc3n4-c3cc(C(C)(C)C)ccn3)c2)c2ccccc21. The second kappa shape index (κ2) is 12.6. The number of rotatable bonds is 5. The number of benzene rings is 4. The molecular weight excluding hydrogens is 685 g/mol. The highest BCUT2D eigenvalue weighted by Gasteiger charge is 2.41. The van der Waals surface area contributed by atoms with E-state index < -0.39 is 84.0 Å². The zero-order valence-electron chi connectivity index (χ0n) is 44.2. The van der Waals surface area contributed by atoms with Crippen molar-refractivity contribution < 1.29 is 26.6 Å². The van der Waals surface area contributed by atoms with Crippen molar-refractivity contribution in [1.82, 2.24) is 23.7 Å². The van der Waals surface area contributed by atoms with Gasteiger partial charge in [0.1, 0.15) is 11.5 Å². The van der Waals surface area contributed by atoms with Crippen LogP contribution >= 0.6 is 0 Å². The number of hydrogen-bond acceptors (Lipinski definition) is 2. The van der Waals surface area contributed by atoms with E-state index in [0.29, 0.717) is 28.0 Å². The van der Waals surface area contributed by atoms with Gasteiger partial charge in [-0.25, -0.2) is 4.98 Å². The van der Waals surface area contributed by atoms with Gasteiger partial charge < -0.3 is 0 Å². The van der Waals surface area contributed by atoms with Crippen molar-refractivity contribution in [1.29, 1.82) is 0 Å². The van der Waals surface area contributed by atoms with Crippen molar-refractivity contribution in [3.63, 3.8) is 0 Å². The molecule has 0 amide bonds. The Hall–Kier alpha value is -5.78. The molecule has 0 spiro atoms. The van der Waals surface area contributed by atoms with Gasteiger partial charge in [-0.1, -0.05) is 105 Å². The number of hydrogen-bond donors (Lipinski definition) is 0. The predicted molar refractivity (Wildman–Crippen MR) is 223 cm³/mol. The minimum absolute atomic E-state index is 0.165. The number of fused-ring (bicyclic) bond motifs is 4. The first-order chi connectivity index (χ1) is 31.3. The molecule has 7 heteroatoms. The Balaban J connectivity index is 1.36. The van der Waals surface area contributed by atoms with Gasteiger partial charge in [0.25, 0.3) is 11.4 Å². The average Bonchev–Trinajstić information content (AvgIpc) is 3.78. The molecule has 55 heavy (non-hydrogen) atoms. The zero-order valence-corrected chi connectivity index (χ0v) is 31.2. The van der Waals surface area contributed by atoms with E-state index in [1.807, 2.05) is 61.7 Å². The van der Waals surface area contributed by atoms with Crippen LogP contribution in [-0.4, -0.2) is 20.5 Å². The van der Waals surface area contributed by atoms with Gasteiger partial charge in [-0.05, 0) is 72.4 Å². The van der Waals surface area contributed by atoms with E-state index in [1.165, 1.54) is 29.0 Å². The van der Waals surface area contributed by atoms with Crippen molar-refractivity contribution in [2.75, 3.05) is 0 Å². The van der Waals surface area contributed by atoms with Crippen LogP contribution in [-0.2, 0) is 22.2 Å². The van der Waals surface area contributed by atoms with E-state index in [4.69, 9.17) is 17.8 Å². The van der Waals surface area contributed by atoms with Crippen molar-refractivity contribution in [3.05, 3.63) is 149 Å². The smallest absolute Gasteiger partial charge is 0.294 e. The van der Waals surface area contributed by atoms with Gasteiger partial charge in [-0.3, -0.25) is 9.55 Å². The van der Waals surface area contributed by atoms with Crippen molar-refractivity contribution in [2.45, 2.75) is 84.3 Å². The molecule has 8 rings (SSSR count). The molecule has 0 bridgehead atoms. The van der Waals surface area contributed by atoms with Gasteiger partial charge in [0.2, 0.25) is 11.4 Å². The van der Waals surface area contributed by atoms with E-state index >= 15 is 8.78 Å². The lowest BCUT2D eigenvalue weighted by Gasteiger charge is -2.23. The summed E-state index contributed by atoms with van der Waals surface area (Å²) in [5, 5.41) is 1.45. The molecule has 4 aromatic carbocycles. The summed E-state index contributed by atoms with van der Waals surface area (Å²) in [4.78, 5) is 9.05. The molecule has 7 aromatic rings. The molecule has 1 aliphatic rings. The molecule has 0 fully saturated rings. The fourth-order valence-corrected chi connectivity index (χ4v) is 6.81. The monoisotopic (exact) mass is 744 g/mol. The first-order valence-electron chi connectivity index (χ1n) is 24.3. The van der Waals surface area contributed by atoms with E-state index in [1.54, 1.807) is 36.5 Å². The summed E-state index contributed by atoms with van der Waals surface area (Å²) in [5.41, 5.74) is -4.17. The number of aromatic nitrogens is 3. The predicted octanol–water partition coefficient (Wildman–Crippen LogP) is 12.5. The van der Waals surface area contributed by atoms with Crippen LogP contribution in [0.3, 0.4) is 0 Å². The summed E-state index contributed by atoms with van der Waals surface area (Å²) >= 11 is 0. The minimum atomic E-state index is -3.86. The van der Waals surface area contributed by atoms with E-state index in [2.05, 4.69) is 36.7 Å². The van der Waals surface area contributed by atoms with Crippen LogP contribution in [0.2, 0.25) is 0 Å². The lowest BCUT2D eigenvalue weighted by Crippen LogP contribution is -2.20. The highest BCUT2D eigenvalue weighted by atomic mass is 19.3. The number of alkyl halides is 2. The van der Waals surface area contributed by atoms with Crippen LogP contribution in [0.25, 0.3) is 27.6 Å². The summed E-state index contributed by atoms with van der Waals surface area (Å²) in [7, 11) is 0. The Bertz CT molecular complexity index is 3230. The van der Waals surface area contributed by atoms with Gasteiger partial charge in [0.15, 0.2) is 0 Å². The van der Waals surface area contributed by atoms with Gasteiger partial charge in [-0.15, -0.1) is 0 Å². The maximum Gasteiger partial charge on any atom is 0.503 e. The summed E-state index contributed by atoms with van der Waals surface area (Å²) in [6.45, 7) is 0.215. The standard InChI is InChI=1S/C48H47F2N5/c1-45(2,3)31-18-20-35(21-19-31)53-30-54(41-17-13-12-16-40(41)53)36-25-33(47(7,8)9)24-34(26-36)48(49,50)43-28-42-38(29-52-43)37-14-10-11-15-39(37)55(42)44-27-32(22-23-51-44)46(4,5)6/h10-29H,1-9H3/q+2/i1D3,2D3,3D3,18D,19D,20D,21D.